The molecule has 0 bridgehead atoms. The number of methoxy groups -OCH3 is 1. The number of aromatic nitrogens is 3. The lowest BCUT2D eigenvalue weighted by molar-refractivity contribution is -0.148. The fourth-order valence-corrected chi connectivity index (χ4v) is 9.99. The van der Waals surface area contributed by atoms with Gasteiger partial charge in [-0.15, -0.1) is 11.3 Å². The van der Waals surface area contributed by atoms with Gasteiger partial charge in [0.15, 0.2) is 0 Å². The lowest BCUT2D eigenvalue weighted by atomic mass is 9.84. The molecule has 3 aromatic heterocycles. The summed E-state index contributed by atoms with van der Waals surface area (Å²) in [5.41, 5.74) is 9.08. The van der Waals surface area contributed by atoms with Crippen LogP contribution in [-0.4, -0.2) is 137 Å². The highest BCUT2D eigenvalue weighted by atomic mass is 32.1. The minimum absolute atomic E-state index is 0.0550. The maximum Gasteiger partial charge on any atom is 0.408 e. The van der Waals surface area contributed by atoms with Gasteiger partial charge < -0.3 is 38.8 Å². The van der Waals surface area contributed by atoms with Crippen molar-refractivity contribution in [3.8, 4) is 22.5 Å². The first-order valence-corrected chi connectivity index (χ1v) is 23.9. The number of aryl methyl sites for hydroxylation is 1. The van der Waals surface area contributed by atoms with E-state index in [0.717, 1.165) is 77.5 Å². The Bertz CT molecular complexity index is 2410. The summed E-state index contributed by atoms with van der Waals surface area (Å²) in [6.07, 6.45) is 2.39. The summed E-state index contributed by atoms with van der Waals surface area (Å²) in [6, 6.07) is 6.90. The number of carboxylic acids is 1. The second-order valence-electron chi connectivity index (χ2n) is 19.3. The topological polar surface area (TPSA) is 190 Å². The van der Waals surface area contributed by atoms with Gasteiger partial charge in [0, 0.05) is 92.5 Å². The number of amides is 2. The normalized spacial score (nSPS) is 19.3. The molecule has 3 aliphatic heterocycles. The van der Waals surface area contributed by atoms with Crippen LogP contribution in [0.25, 0.3) is 33.4 Å². The number of carboxylic acid groups (broad SMARTS) is 1. The SMILES string of the molecule is CCn1c(-c2cc(N3CCN4CCOC[C@@H]4C3)cnc2C(C)OC)c(CC(C)(C)COC(C)=O)c2cc(-c3csc(CC(NC(=O)OC(C)(C)C)C(=O)N4CCC[C@@H](C(=O)O)N4)n3)ccc21. The standard InChI is InChI=1S/C48H66N8O9S/c1-10-55-40-14-13-31(39-27-66-41(50-39)22-38(51-46(61)65-47(4,5)6)44(58)56-15-11-12-37(52-56)45(59)60)20-34(40)36(23-48(7,8)28-64-30(3)57)43(55)35-21-32(24-49-42(35)29(2)62-9)54-17-16-53-18-19-63-26-33(53)25-54/h13-14,20-21,24,27,29,33,37-38,52H,10-12,15-19,22-23,25-26,28H2,1-9H3,(H,51,61)(H,59,60)/t29?,33-,37-,38?/m0/s1. The Morgan fingerprint density at radius 2 is 1.88 bits per heavy atom. The largest absolute Gasteiger partial charge is 0.480 e. The Kier molecular flexibility index (Phi) is 15.1. The second-order valence-corrected chi connectivity index (χ2v) is 20.3. The smallest absolute Gasteiger partial charge is 0.408 e. The van der Waals surface area contributed by atoms with E-state index in [0.29, 0.717) is 49.2 Å². The van der Waals surface area contributed by atoms with Crippen molar-refractivity contribution in [1.82, 2.24) is 35.2 Å². The molecule has 4 atom stereocenters. The number of piperazine rings is 1. The number of nitrogens with one attached hydrogen (secondary N) is 2. The number of pyridine rings is 1. The molecule has 2 amide bonds. The fraction of sp³-hybridized carbons (Fsp3) is 0.583. The van der Waals surface area contributed by atoms with Gasteiger partial charge in [0.1, 0.15) is 17.7 Å². The number of carbonyl (C=O) groups excluding carboxylic acids is 3. The van der Waals surface area contributed by atoms with Crippen molar-refractivity contribution in [2.45, 2.75) is 117 Å². The van der Waals surface area contributed by atoms with Crippen molar-refractivity contribution in [2.24, 2.45) is 5.41 Å². The first-order chi connectivity index (χ1) is 31.3. The maximum absolute atomic E-state index is 14.0. The van der Waals surface area contributed by atoms with E-state index in [9.17, 15) is 24.3 Å². The van der Waals surface area contributed by atoms with Crippen LogP contribution in [0.2, 0.25) is 0 Å². The van der Waals surface area contributed by atoms with Gasteiger partial charge >= 0.3 is 18.0 Å². The van der Waals surface area contributed by atoms with E-state index >= 15 is 0 Å². The van der Waals surface area contributed by atoms with Crippen molar-refractivity contribution >= 4 is 51.9 Å². The molecule has 66 heavy (non-hydrogen) atoms. The number of fused-ring (bicyclic) bond motifs is 2. The molecule has 17 nitrogen and oxygen atoms in total. The zero-order valence-corrected chi connectivity index (χ0v) is 40.6. The van der Waals surface area contributed by atoms with E-state index in [-0.39, 0.29) is 31.6 Å². The number of ether oxygens (including phenoxy) is 4. The number of hydrogen-bond acceptors (Lipinski definition) is 14. The minimum atomic E-state index is -1.08. The first-order valence-electron chi connectivity index (χ1n) is 23.0. The number of hydrazine groups is 1. The van der Waals surface area contributed by atoms with Crippen molar-refractivity contribution in [3.05, 3.63) is 52.1 Å². The van der Waals surface area contributed by atoms with Gasteiger partial charge in [-0.05, 0) is 77.6 Å². The van der Waals surface area contributed by atoms with Crippen LogP contribution in [0.1, 0.15) is 90.6 Å². The summed E-state index contributed by atoms with van der Waals surface area (Å²) in [4.78, 5) is 66.1. The zero-order chi connectivity index (χ0) is 47.5. The number of rotatable bonds is 15. The van der Waals surface area contributed by atoms with E-state index in [1.54, 1.807) is 27.9 Å². The average molecular weight is 931 g/mol. The number of morpholine rings is 1. The molecule has 3 saturated heterocycles. The molecule has 4 aromatic rings. The third-order valence-electron chi connectivity index (χ3n) is 12.5. The van der Waals surface area contributed by atoms with Crippen LogP contribution >= 0.6 is 11.3 Å². The van der Waals surface area contributed by atoms with Gasteiger partial charge in [-0.25, -0.2) is 15.2 Å². The van der Waals surface area contributed by atoms with Crippen molar-refractivity contribution in [2.75, 3.05) is 64.6 Å². The number of nitrogens with zero attached hydrogens (tertiary/aromatic N) is 6. The minimum Gasteiger partial charge on any atom is -0.480 e. The van der Waals surface area contributed by atoms with Crippen LogP contribution in [-0.2, 0) is 52.7 Å². The lowest BCUT2D eigenvalue weighted by Gasteiger charge is -2.44. The van der Waals surface area contributed by atoms with E-state index in [4.69, 9.17) is 28.9 Å². The van der Waals surface area contributed by atoms with Crippen LogP contribution < -0.4 is 15.6 Å². The van der Waals surface area contributed by atoms with Gasteiger partial charge in [0.25, 0.3) is 5.91 Å². The summed E-state index contributed by atoms with van der Waals surface area (Å²) in [6.45, 7) is 21.3. The molecule has 0 saturated carbocycles. The lowest BCUT2D eigenvalue weighted by Crippen LogP contribution is -2.60. The van der Waals surface area contributed by atoms with Gasteiger partial charge in [-0.2, -0.15) is 0 Å². The van der Waals surface area contributed by atoms with Crippen LogP contribution in [0.3, 0.4) is 0 Å². The molecule has 358 valence electrons. The predicted octanol–water partition coefficient (Wildman–Crippen LogP) is 6.22. The van der Waals surface area contributed by atoms with Crippen LogP contribution in [0.5, 0.6) is 0 Å². The van der Waals surface area contributed by atoms with Crippen molar-refractivity contribution in [3.63, 3.8) is 0 Å². The number of hydrogen-bond donors (Lipinski definition) is 3. The summed E-state index contributed by atoms with van der Waals surface area (Å²) in [7, 11) is 1.70. The Balaban J connectivity index is 1.29. The average Bonchev–Trinajstić information content (AvgIpc) is 3.88. The Morgan fingerprint density at radius 3 is 2.59 bits per heavy atom. The van der Waals surface area contributed by atoms with Gasteiger partial charge in [0.2, 0.25) is 0 Å². The molecule has 18 heteroatoms. The molecule has 3 aliphatic rings. The molecule has 3 N–H and O–H groups in total. The third kappa shape index (κ3) is 11.3. The van der Waals surface area contributed by atoms with Gasteiger partial charge in [-0.1, -0.05) is 19.9 Å². The number of benzene rings is 1. The highest BCUT2D eigenvalue weighted by Crippen LogP contribution is 2.43. The van der Waals surface area contributed by atoms with Crippen molar-refractivity contribution < 1.29 is 43.2 Å². The fourth-order valence-electron chi connectivity index (χ4n) is 9.14. The molecular formula is C48H66N8O9S. The Labute approximate surface area is 391 Å². The third-order valence-corrected chi connectivity index (χ3v) is 13.3. The highest BCUT2D eigenvalue weighted by Gasteiger charge is 2.35. The van der Waals surface area contributed by atoms with E-state index in [2.05, 4.69) is 70.1 Å². The van der Waals surface area contributed by atoms with Crippen LogP contribution in [0.4, 0.5) is 10.5 Å². The summed E-state index contributed by atoms with van der Waals surface area (Å²) in [5.74, 6) is -1.87. The van der Waals surface area contributed by atoms with Crippen LogP contribution in [0, 0.1) is 5.41 Å². The number of thiazole rings is 1. The number of esters is 1. The molecular weight excluding hydrogens is 865 g/mol. The molecule has 1 aromatic carbocycles. The zero-order valence-electron chi connectivity index (χ0n) is 39.8. The van der Waals surface area contributed by atoms with E-state index < -0.39 is 41.1 Å². The number of alkyl carbamates (subject to hydrolysis) is 1. The highest BCUT2D eigenvalue weighted by molar-refractivity contribution is 7.10. The quantitative estimate of drug-likeness (QED) is 0.114. The second kappa shape index (κ2) is 20.4. The Morgan fingerprint density at radius 1 is 1.09 bits per heavy atom. The van der Waals surface area contributed by atoms with Crippen molar-refractivity contribution in [1.29, 1.82) is 0 Å². The molecule has 0 aliphatic carbocycles. The number of aliphatic carboxylic acids is 1. The molecule has 2 unspecified atom stereocenters. The van der Waals surface area contributed by atoms with Crippen LogP contribution in [0.15, 0.2) is 35.8 Å². The first kappa shape index (κ1) is 48.8. The summed E-state index contributed by atoms with van der Waals surface area (Å²) >= 11 is 1.37. The monoisotopic (exact) mass is 930 g/mol. The van der Waals surface area contributed by atoms with Gasteiger partial charge in [0.05, 0.1) is 65.9 Å². The maximum atomic E-state index is 14.0. The predicted molar refractivity (Wildman–Crippen MR) is 252 cm³/mol. The Hall–Kier alpha value is -5.14. The summed E-state index contributed by atoms with van der Waals surface area (Å²) in [5, 5.41) is 17.2. The molecule has 7 rings (SSSR count). The molecule has 0 radical (unpaired) electrons. The molecule has 3 fully saturated rings. The van der Waals surface area contributed by atoms with E-state index in [1.165, 1.54) is 23.3 Å². The molecule has 6 heterocycles. The summed E-state index contributed by atoms with van der Waals surface area (Å²) < 4.78 is 25.3. The van der Waals surface area contributed by atoms with E-state index in [1.807, 2.05) is 18.5 Å². The molecule has 0 spiro atoms. The van der Waals surface area contributed by atoms with Gasteiger partial charge in [-0.3, -0.25) is 29.3 Å². The number of anilines is 1. The number of carbonyl (C=O) groups is 4.